The topological polar surface area (TPSA) is 51.6 Å². The summed E-state index contributed by atoms with van der Waals surface area (Å²) in [6.07, 6.45) is 0.676. The van der Waals surface area contributed by atoms with Crippen molar-refractivity contribution in [3.63, 3.8) is 0 Å². The van der Waals surface area contributed by atoms with Gasteiger partial charge in [0.1, 0.15) is 0 Å². The summed E-state index contributed by atoms with van der Waals surface area (Å²) in [5, 5.41) is 9.13. The van der Waals surface area contributed by atoms with E-state index in [1.165, 1.54) is 6.07 Å². The van der Waals surface area contributed by atoms with Gasteiger partial charge in [0.25, 0.3) is 0 Å². The van der Waals surface area contributed by atoms with Crippen molar-refractivity contribution < 1.29 is 23.4 Å². The van der Waals surface area contributed by atoms with Gasteiger partial charge < -0.3 is 14.6 Å². The van der Waals surface area contributed by atoms with Gasteiger partial charge in [0.2, 0.25) is 5.88 Å². The zero-order valence-corrected chi connectivity index (χ0v) is 9.97. The minimum Gasteiger partial charge on any atom is -0.417 e. The molecule has 0 fully saturated rings. The van der Waals surface area contributed by atoms with Crippen LogP contribution in [0.3, 0.4) is 0 Å². The second kappa shape index (κ2) is 5.58. The maximum Gasteiger partial charge on any atom is 0.388 e. The second-order valence-electron chi connectivity index (χ2n) is 4.35. The predicted molar refractivity (Wildman–Crippen MR) is 59.7 cm³/mol. The van der Waals surface area contributed by atoms with Gasteiger partial charge in [-0.25, -0.2) is 4.98 Å². The van der Waals surface area contributed by atoms with E-state index in [1.54, 1.807) is 13.0 Å². The molecule has 6 heteroatoms. The third-order valence-electron chi connectivity index (χ3n) is 2.69. The highest BCUT2D eigenvalue weighted by Gasteiger charge is 2.24. The highest BCUT2D eigenvalue weighted by atomic mass is 19.3. The molecular formula is C12H15F2NO3. The number of hydrogen-bond donors (Lipinski definition) is 1. The van der Waals surface area contributed by atoms with Crippen molar-refractivity contribution in [3.05, 3.63) is 23.4 Å². The highest BCUT2D eigenvalue weighted by Crippen LogP contribution is 2.25. The Hall–Kier alpha value is -1.27. The molecule has 0 aliphatic heterocycles. The van der Waals surface area contributed by atoms with Crippen molar-refractivity contribution in [1.29, 1.82) is 0 Å². The number of aromatic nitrogens is 1. The average Bonchev–Trinajstić information content (AvgIpc) is 2.67. The van der Waals surface area contributed by atoms with Crippen molar-refractivity contribution in [2.24, 2.45) is 0 Å². The lowest BCUT2D eigenvalue weighted by molar-refractivity contribution is -0.0529. The largest absolute Gasteiger partial charge is 0.417 e. The van der Waals surface area contributed by atoms with Crippen LogP contribution in [-0.4, -0.2) is 35.5 Å². The number of aliphatic hydroxyl groups is 1. The molecule has 0 saturated carbocycles. The van der Waals surface area contributed by atoms with Crippen LogP contribution in [0.1, 0.15) is 18.2 Å². The van der Waals surface area contributed by atoms with Crippen LogP contribution in [0.15, 0.2) is 12.1 Å². The first-order valence-electron chi connectivity index (χ1n) is 5.78. The molecule has 0 amide bonds. The van der Waals surface area contributed by atoms with Crippen LogP contribution in [-0.2, 0) is 17.6 Å². The van der Waals surface area contributed by atoms with Crippen LogP contribution in [0.2, 0.25) is 0 Å². The van der Waals surface area contributed by atoms with Gasteiger partial charge in [-0.1, -0.05) is 6.07 Å². The Bertz CT molecular complexity index is 412. The van der Waals surface area contributed by atoms with Gasteiger partial charge in [-0.3, -0.25) is 0 Å². The Morgan fingerprint density at radius 3 is 2.89 bits per heavy atom. The molecule has 1 aliphatic rings. The normalized spacial score (nSPS) is 19.9. The molecule has 2 rings (SSSR count). The van der Waals surface area contributed by atoms with E-state index in [-0.39, 0.29) is 18.6 Å². The number of aliphatic hydroxyl groups excluding tert-OH is 1. The SMILES string of the molecule is C[C@H](O)CO[C@H]1Cc2ccc(OC(F)F)nc2C1. The maximum absolute atomic E-state index is 12.0. The first-order valence-corrected chi connectivity index (χ1v) is 5.78. The Morgan fingerprint density at radius 2 is 2.22 bits per heavy atom. The number of ether oxygens (including phenoxy) is 2. The molecule has 2 atom stereocenters. The summed E-state index contributed by atoms with van der Waals surface area (Å²) in [6, 6.07) is 3.16. The highest BCUT2D eigenvalue weighted by molar-refractivity contribution is 5.31. The van der Waals surface area contributed by atoms with Gasteiger partial charge in [-0.15, -0.1) is 0 Å². The summed E-state index contributed by atoms with van der Waals surface area (Å²) in [5.74, 6) is -0.0695. The van der Waals surface area contributed by atoms with Crippen LogP contribution in [0.4, 0.5) is 8.78 Å². The predicted octanol–water partition coefficient (Wildman–Crippen LogP) is 1.55. The molecule has 0 saturated heterocycles. The van der Waals surface area contributed by atoms with Crippen molar-refractivity contribution >= 4 is 0 Å². The van der Waals surface area contributed by atoms with Gasteiger partial charge in [-0.2, -0.15) is 8.78 Å². The number of hydrogen-bond acceptors (Lipinski definition) is 4. The molecule has 18 heavy (non-hydrogen) atoms. The Labute approximate surface area is 104 Å². The van der Waals surface area contributed by atoms with Crippen LogP contribution in [0.25, 0.3) is 0 Å². The second-order valence-corrected chi connectivity index (χ2v) is 4.35. The lowest BCUT2D eigenvalue weighted by Crippen LogP contribution is -2.19. The summed E-state index contributed by atoms with van der Waals surface area (Å²) in [7, 11) is 0. The molecule has 1 aromatic rings. The van der Waals surface area contributed by atoms with E-state index >= 15 is 0 Å². The van der Waals surface area contributed by atoms with Crippen LogP contribution < -0.4 is 4.74 Å². The summed E-state index contributed by atoms with van der Waals surface area (Å²) >= 11 is 0. The third kappa shape index (κ3) is 3.36. The van der Waals surface area contributed by atoms with E-state index in [0.29, 0.717) is 12.8 Å². The zero-order chi connectivity index (χ0) is 13.1. The molecule has 100 valence electrons. The fourth-order valence-corrected chi connectivity index (χ4v) is 1.96. The molecule has 0 bridgehead atoms. The van der Waals surface area contributed by atoms with Crippen LogP contribution >= 0.6 is 0 Å². The van der Waals surface area contributed by atoms with E-state index in [1.807, 2.05) is 0 Å². The number of rotatable bonds is 5. The lowest BCUT2D eigenvalue weighted by Gasteiger charge is -2.11. The summed E-state index contributed by atoms with van der Waals surface area (Å²) in [6.45, 7) is -0.951. The van der Waals surface area contributed by atoms with E-state index in [0.717, 1.165) is 11.3 Å². The van der Waals surface area contributed by atoms with Crippen LogP contribution in [0.5, 0.6) is 5.88 Å². The first kappa shape index (κ1) is 13.2. The maximum atomic E-state index is 12.0. The molecule has 0 spiro atoms. The number of pyridine rings is 1. The fraction of sp³-hybridized carbons (Fsp3) is 0.583. The molecule has 0 unspecified atom stereocenters. The molecular weight excluding hydrogens is 244 g/mol. The lowest BCUT2D eigenvalue weighted by atomic mass is 10.2. The van der Waals surface area contributed by atoms with Gasteiger partial charge in [0.15, 0.2) is 0 Å². The van der Waals surface area contributed by atoms with Gasteiger partial charge >= 0.3 is 6.61 Å². The average molecular weight is 259 g/mol. The molecule has 1 aromatic heterocycles. The number of halogens is 2. The minimum absolute atomic E-state index is 0.0519. The Morgan fingerprint density at radius 1 is 1.44 bits per heavy atom. The van der Waals surface area contributed by atoms with Crippen molar-refractivity contribution in [3.8, 4) is 5.88 Å². The smallest absolute Gasteiger partial charge is 0.388 e. The fourth-order valence-electron chi connectivity index (χ4n) is 1.96. The molecule has 1 N–H and O–H groups in total. The Balaban J connectivity index is 1.97. The third-order valence-corrected chi connectivity index (χ3v) is 2.69. The zero-order valence-electron chi connectivity index (χ0n) is 9.97. The molecule has 1 aliphatic carbocycles. The molecule has 0 radical (unpaired) electrons. The molecule has 4 nitrogen and oxygen atoms in total. The van der Waals surface area contributed by atoms with Gasteiger partial charge in [0, 0.05) is 18.9 Å². The minimum atomic E-state index is -2.86. The first-order chi connectivity index (χ1) is 8.54. The summed E-state index contributed by atoms with van der Waals surface area (Å²) < 4.78 is 33.8. The Kier molecular flexibility index (Phi) is 4.08. The van der Waals surface area contributed by atoms with Crippen molar-refractivity contribution in [2.75, 3.05) is 6.61 Å². The van der Waals surface area contributed by atoms with E-state index in [2.05, 4.69) is 9.72 Å². The number of alkyl halides is 2. The standard InChI is InChI=1S/C12H15F2NO3/c1-7(16)6-17-9-4-8-2-3-11(18-12(13)14)15-10(8)5-9/h2-3,7,9,12,16H,4-6H2,1H3/t7-,9-/m0/s1. The molecule has 0 aromatic carbocycles. The van der Waals surface area contributed by atoms with E-state index in [4.69, 9.17) is 9.84 Å². The quantitative estimate of drug-likeness (QED) is 0.871. The van der Waals surface area contributed by atoms with Crippen LogP contribution in [0, 0.1) is 0 Å². The summed E-state index contributed by atoms with van der Waals surface area (Å²) in [5.41, 5.74) is 1.70. The molecule has 1 heterocycles. The van der Waals surface area contributed by atoms with E-state index < -0.39 is 12.7 Å². The van der Waals surface area contributed by atoms with Gasteiger partial charge in [-0.05, 0) is 12.5 Å². The van der Waals surface area contributed by atoms with E-state index in [9.17, 15) is 8.78 Å². The monoisotopic (exact) mass is 259 g/mol. The van der Waals surface area contributed by atoms with Crippen molar-refractivity contribution in [1.82, 2.24) is 4.98 Å². The van der Waals surface area contributed by atoms with Crippen molar-refractivity contribution in [2.45, 2.75) is 38.6 Å². The number of fused-ring (bicyclic) bond motifs is 1. The number of nitrogens with zero attached hydrogens (tertiary/aromatic N) is 1. The van der Waals surface area contributed by atoms with Gasteiger partial charge in [0.05, 0.1) is 24.5 Å². The summed E-state index contributed by atoms with van der Waals surface area (Å²) in [4.78, 5) is 4.03.